The van der Waals surface area contributed by atoms with Crippen LogP contribution in [0.4, 0.5) is 11.4 Å². The third kappa shape index (κ3) is 1.96. The maximum absolute atomic E-state index is 6.01. The van der Waals surface area contributed by atoms with Crippen LogP contribution in [0.25, 0.3) is 0 Å². The molecule has 2 aromatic rings. The van der Waals surface area contributed by atoms with E-state index in [2.05, 4.69) is 23.1 Å². The minimum absolute atomic E-state index is 0.776. The molecule has 2 aromatic carbocycles. The maximum Gasteiger partial charge on any atom is 0.0437 e. The molecule has 2 N–H and O–H groups in total. The minimum Gasteiger partial charge on any atom is -0.399 e. The number of halogens is 1. The van der Waals surface area contributed by atoms with Crippen molar-refractivity contribution in [2.24, 2.45) is 0 Å². The third-order valence-corrected chi connectivity index (χ3v) is 3.36. The van der Waals surface area contributed by atoms with E-state index in [1.54, 1.807) is 0 Å². The van der Waals surface area contributed by atoms with Gasteiger partial charge in [-0.1, -0.05) is 23.7 Å². The molecule has 0 atom stereocenters. The Kier molecular flexibility index (Phi) is 2.45. The molecule has 17 heavy (non-hydrogen) atoms. The van der Waals surface area contributed by atoms with Gasteiger partial charge in [-0.2, -0.15) is 0 Å². The zero-order valence-corrected chi connectivity index (χ0v) is 10.1. The van der Waals surface area contributed by atoms with Crippen LogP contribution in [0.5, 0.6) is 0 Å². The smallest absolute Gasteiger partial charge is 0.0437 e. The van der Waals surface area contributed by atoms with Crippen LogP contribution in [-0.4, -0.2) is 0 Å². The van der Waals surface area contributed by atoms with Crippen molar-refractivity contribution in [2.45, 2.75) is 13.1 Å². The van der Waals surface area contributed by atoms with E-state index in [9.17, 15) is 0 Å². The molecule has 3 rings (SSSR count). The summed E-state index contributed by atoms with van der Waals surface area (Å²) in [5.74, 6) is 0. The Bertz CT molecular complexity index is 566. The van der Waals surface area contributed by atoms with Crippen LogP contribution in [-0.2, 0) is 13.1 Å². The Morgan fingerprint density at radius 2 is 1.82 bits per heavy atom. The molecule has 1 aliphatic rings. The van der Waals surface area contributed by atoms with Gasteiger partial charge in [0.15, 0.2) is 0 Å². The number of rotatable bonds is 1. The lowest BCUT2D eigenvalue weighted by molar-refractivity contribution is 0.881. The summed E-state index contributed by atoms with van der Waals surface area (Å²) in [6, 6.07) is 14.1. The lowest BCUT2D eigenvalue weighted by Crippen LogP contribution is -2.14. The van der Waals surface area contributed by atoms with Gasteiger partial charge in [-0.3, -0.25) is 0 Å². The number of nitrogens with two attached hydrogens (primary N) is 1. The van der Waals surface area contributed by atoms with Crippen LogP contribution in [0, 0.1) is 0 Å². The quantitative estimate of drug-likeness (QED) is 0.779. The van der Waals surface area contributed by atoms with Crippen molar-refractivity contribution in [1.82, 2.24) is 0 Å². The molecule has 0 aromatic heterocycles. The van der Waals surface area contributed by atoms with E-state index in [4.69, 9.17) is 17.3 Å². The third-order valence-electron chi connectivity index (χ3n) is 3.13. The van der Waals surface area contributed by atoms with E-state index >= 15 is 0 Å². The molecule has 0 spiro atoms. The number of anilines is 2. The van der Waals surface area contributed by atoms with Crippen molar-refractivity contribution in [3.63, 3.8) is 0 Å². The number of hydrogen-bond donors (Lipinski definition) is 1. The highest BCUT2D eigenvalue weighted by Gasteiger charge is 2.19. The summed E-state index contributed by atoms with van der Waals surface area (Å²) in [6.07, 6.45) is 0. The first-order valence-electron chi connectivity index (χ1n) is 5.60. The molecule has 0 amide bonds. The van der Waals surface area contributed by atoms with Gasteiger partial charge >= 0.3 is 0 Å². The second-order valence-corrected chi connectivity index (χ2v) is 4.80. The van der Waals surface area contributed by atoms with Gasteiger partial charge in [-0.15, -0.1) is 0 Å². The standard InChI is InChI=1S/C14H13ClN2/c15-12-2-1-3-14(7-12)17-8-10-4-5-13(16)6-11(10)9-17/h1-7H,8-9,16H2. The molecule has 2 nitrogen and oxygen atoms in total. The number of fused-ring (bicyclic) bond motifs is 1. The van der Waals surface area contributed by atoms with Crippen molar-refractivity contribution in [2.75, 3.05) is 10.6 Å². The van der Waals surface area contributed by atoms with Gasteiger partial charge in [-0.05, 0) is 41.5 Å². The summed E-state index contributed by atoms with van der Waals surface area (Å²) in [5.41, 5.74) is 10.4. The first kappa shape index (κ1) is 10.5. The SMILES string of the molecule is Nc1ccc2c(c1)CN(c1cccc(Cl)c1)C2. The van der Waals surface area contributed by atoms with Crippen molar-refractivity contribution < 1.29 is 0 Å². The van der Waals surface area contributed by atoms with Crippen molar-refractivity contribution >= 4 is 23.0 Å². The predicted octanol–water partition coefficient (Wildman–Crippen LogP) is 3.44. The lowest BCUT2D eigenvalue weighted by Gasteiger charge is -2.17. The van der Waals surface area contributed by atoms with Crippen LogP contribution in [0.3, 0.4) is 0 Å². The Morgan fingerprint density at radius 1 is 1.00 bits per heavy atom. The van der Waals surface area contributed by atoms with Gasteiger partial charge in [0.05, 0.1) is 0 Å². The highest BCUT2D eigenvalue weighted by Crippen LogP contribution is 2.30. The molecule has 1 aliphatic heterocycles. The summed E-state index contributed by atoms with van der Waals surface area (Å²) in [4.78, 5) is 2.30. The van der Waals surface area contributed by atoms with E-state index in [1.807, 2.05) is 24.3 Å². The van der Waals surface area contributed by atoms with E-state index < -0.39 is 0 Å². The molecule has 0 saturated carbocycles. The van der Waals surface area contributed by atoms with Crippen molar-refractivity contribution in [3.05, 3.63) is 58.6 Å². The molecule has 3 heteroatoms. The fourth-order valence-electron chi connectivity index (χ4n) is 2.27. The van der Waals surface area contributed by atoms with Crippen LogP contribution in [0.1, 0.15) is 11.1 Å². The molecule has 0 fully saturated rings. The van der Waals surface area contributed by atoms with Crippen LogP contribution < -0.4 is 10.6 Å². The maximum atomic E-state index is 6.01. The molecule has 86 valence electrons. The zero-order valence-electron chi connectivity index (χ0n) is 9.36. The van der Waals surface area contributed by atoms with E-state index in [1.165, 1.54) is 11.1 Å². The zero-order chi connectivity index (χ0) is 11.8. The Balaban J connectivity index is 1.91. The molecular weight excluding hydrogens is 232 g/mol. The molecule has 0 aliphatic carbocycles. The molecule has 0 saturated heterocycles. The van der Waals surface area contributed by atoms with Gasteiger partial charge < -0.3 is 10.6 Å². The molecule has 1 heterocycles. The van der Waals surface area contributed by atoms with Gasteiger partial charge in [0.2, 0.25) is 0 Å². The van der Waals surface area contributed by atoms with Crippen LogP contribution in [0.2, 0.25) is 5.02 Å². The van der Waals surface area contributed by atoms with Crippen LogP contribution >= 0.6 is 11.6 Å². The lowest BCUT2D eigenvalue weighted by atomic mass is 10.1. The van der Waals surface area contributed by atoms with Gasteiger partial charge in [0.1, 0.15) is 0 Å². The Morgan fingerprint density at radius 3 is 2.65 bits per heavy atom. The molecule has 0 bridgehead atoms. The monoisotopic (exact) mass is 244 g/mol. The minimum atomic E-state index is 0.776. The topological polar surface area (TPSA) is 29.3 Å². The summed E-state index contributed by atoms with van der Waals surface area (Å²) < 4.78 is 0. The van der Waals surface area contributed by atoms with Gasteiger partial charge in [0.25, 0.3) is 0 Å². The number of nitrogen functional groups attached to an aromatic ring is 1. The first-order chi connectivity index (χ1) is 8.22. The average molecular weight is 245 g/mol. The molecule has 0 unspecified atom stereocenters. The second kappa shape index (κ2) is 3.97. The van der Waals surface area contributed by atoms with Gasteiger partial charge in [0, 0.05) is 29.5 Å². The molecular formula is C14H13ClN2. The van der Waals surface area contributed by atoms with Crippen LogP contribution in [0.15, 0.2) is 42.5 Å². The normalized spacial score (nSPS) is 13.8. The average Bonchev–Trinajstić information content (AvgIpc) is 2.72. The summed E-state index contributed by atoms with van der Waals surface area (Å²) in [7, 11) is 0. The fraction of sp³-hybridized carbons (Fsp3) is 0.143. The Hall–Kier alpha value is -1.67. The van der Waals surface area contributed by atoms with Crippen molar-refractivity contribution in [1.29, 1.82) is 0 Å². The highest BCUT2D eigenvalue weighted by atomic mass is 35.5. The van der Waals surface area contributed by atoms with Crippen molar-refractivity contribution in [3.8, 4) is 0 Å². The number of nitrogens with zero attached hydrogens (tertiary/aromatic N) is 1. The summed E-state index contributed by atoms with van der Waals surface area (Å²) in [6.45, 7) is 1.83. The Labute approximate surface area is 106 Å². The van der Waals surface area contributed by atoms with Gasteiger partial charge in [-0.25, -0.2) is 0 Å². The molecule has 0 radical (unpaired) electrons. The fourth-order valence-corrected chi connectivity index (χ4v) is 2.45. The van der Waals surface area contributed by atoms with E-state index in [-0.39, 0.29) is 0 Å². The predicted molar refractivity (Wildman–Crippen MR) is 72.2 cm³/mol. The highest BCUT2D eigenvalue weighted by molar-refractivity contribution is 6.30. The number of hydrogen-bond acceptors (Lipinski definition) is 2. The van der Waals surface area contributed by atoms with E-state index in [0.717, 1.165) is 29.5 Å². The van der Waals surface area contributed by atoms with E-state index in [0.29, 0.717) is 0 Å². The summed E-state index contributed by atoms with van der Waals surface area (Å²) >= 11 is 6.01. The number of benzene rings is 2. The largest absolute Gasteiger partial charge is 0.399 e. The summed E-state index contributed by atoms with van der Waals surface area (Å²) in [5, 5.41) is 0.776. The first-order valence-corrected chi connectivity index (χ1v) is 5.98. The second-order valence-electron chi connectivity index (χ2n) is 4.36.